The van der Waals surface area contributed by atoms with E-state index < -0.39 is 16.9 Å². The standard InChI is InChI=1S/C20H24N2O4/c1-7-26-19(25)14-11-15(17(23)20(4,5)6)21-22(18(14)24)16-10-8-9-12(2)13(16)3/h8-11H,7H2,1-6H3. The van der Waals surface area contributed by atoms with Crippen molar-refractivity contribution in [3.8, 4) is 5.69 Å². The van der Waals surface area contributed by atoms with Crippen LogP contribution >= 0.6 is 0 Å². The molecule has 6 heteroatoms. The van der Waals surface area contributed by atoms with Crippen LogP contribution in [0.5, 0.6) is 0 Å². The number of hydrogen-bond donors (Lipinski definition) is 0. The third-order valence-corrected chi connectivity index (χ3v) is 4.12. The van der Waals surface area contributed by atoms with Gasteiger partial charge in [0, 0.05) is 5.41 Å². The molecule has 0 amide bonds. The molecule has 0 atom stereocenters. The number of aryl methyl sites for hydroxylation is 1. The third kappa shape index (κ3) is 3.74. The van der Waals surface area contributed by atoms with Gasteiger partial charge in [-0.2, -0.15) is 9.78 Å². The average Bonchev–Trinajstić information content (AvgIpc) is 2.56. The van der Waals surface area contributed by atoms with Crippen LogP contribution < -0.4 is 5.56 Å². The smallest absolute Gasteiger partial charge is 0.343 e. The Balaban J connectivity index is 2.81. The molecule has 1 heterocycles. The first kappa shape index (κ1) is 19.6. The number of benzene rings is 1. The third-order valence-electron chi connectivity index (χ3n) is 4.12. The molecule has 0 fully saturated rings. The van der Waals surface area contributed by atoms with E-state index in [1.165, 1.54) is 6.07 Å². The summed E-state index contributed by atoms with van der Waals surface area (Å²) in [5.41, 5.74) is 0.893. The summed E-state index contributed by atoms with van der Waals surface area (Å²) in [6, 6.07) is 6.68. The molecule has 2 rings (SSSR count). The molecular weight excluding hydrogens is 332 g/mol. The van der Waals surface area contributed by atoms with Crippen molar-refractivity contribution in [2.75, 3.05) is 6.61 Å². The van der Waals surface area contributed by atoms with Gasteiger partial charge in [-0.05, 0) is 44.0 Å². The molecule has 2 aromatic rings. The summed E-state index contributed by atoms with van der Waals surface area (Å²) in [4.78, 5) is 37.8. The minimum atomic E-state index is -0.762. The molecule has 0 aliphatic rings. The number of Topliss-reactive ketones (excluding diaryl/α,β-unsaturated/α-hetero) is 1. The van der Waals surface area contributed by atoms with Crippen molar-refractivity contribution >= 4 is 11.8 Å². The van der Waals surface area contributed by atoms with Crippen LogP contribution in [0.3, 0.4) is 0 Å². The van der Waals surface area contributed by atoms with E-state index in [1.54, 1.807) is 39.8 Å². The number of hydrogen-bond acceptors (Lipinski definition) is 5. The molecular formula is C20H24N2O4. The van der Waals surface area contributed by atoms with E-state index in [0.717, 1.165) is 15.8 Å². The van der Waals surface area contributed by atoms with Gasteiger partial charge in [0.2, 0.25) is 0 Å². The fourth-order valence-electron chi connectivity index (χ4n) is 2.47. The lowest BCUT2D eigenvalue weighted by Gasteiger charge is -2.18. The Morgan fingerprint density at radius 2 is 1.85 bits per heavy atom. The summed E-state index contributed by atoms with van der Waals surface area (Å²) in [6.45, 7) is 10.8. The number of esters is 1. The van der Waals surface area contributed by atoms with E-state index in [-0.39, 0.29) is 23.6 Å². The highest BCUT2D eigenvalue weighted by Gasteiger charge is 2.28. The Hall–Kier alpha value is -2.76. The maximum Gasteiger partial charge on any atom is 0.343 e. The molecule has 0 aliphatic heterocycles. The van der Waals surface area contributed by atoms with Gasteiger partial charge in [-0.1, -0.05) is 32.9 Å². The number of carbonyl (C=O) groups excluding carboxylic acids is 2. The van der Waals surface area contributed by atoms with Crippen LogP contribution in [0.2, 0.25) is 0 Å². The van der Waals surface area contributed by atoms with Crippen molar-refractivity contribution < 1.29 is 14.3 Å². The van der Waals surface area contributed by atoms with Crippen molar-refractivity contribution in [3.63, 3.8) is 0 Å². The average molecular weight is 356 g/mol. The molecule has 0 N–H and O–H groups in total. The summed E-state index contributed by atoms with van der Waals surface area (Å²) in [5.74, 6) is -1.02. The molecule has 1 aromatic carbocycles. The van der Waals surface area contributed by atoms with Gasteiger partial charge in [-0.25, -0.2) is 4.79 Å². The van der Waals surface area contributed by atoms with E-state index in [4.69, 9.17) is 4.74 Å². The monoisotopic (exact) mass is 356 g/mol. The van der Waals surface area contributed by atoms with Gasteiger partial charge in [0.1, 0.15) is 11.3 Å². The normalized spacial score (nSPS) is 11.3. The van der Waals surface area contributed by atoms with Gasteiger partial charge in [0.15, 0.2) is 5.78 Å². The SMILES string of the molecule is CCOC(=O)c1cc(C(=O)C(C)(C)C)nn(-c2cccc(C)c2C)c1=O. The van der Waals surface area contributed by atoms with Crippen LogP contribution in [-0.4, -0.2) is 28.1 Å². The zero-order valence-electron chi connectivity index (χ0n) is 16.0. The molecule has 0 aliphatic carbocycles. The summed E-state index contributed by atoms with van der Waals surface area (Å²) in [6.07, 6.45) is 0. The number of aromatic nitrogens is 2. The fraction of sp³-hybridized carbons (Fsp3) is 0.400. The fourth-order valence-corrected chi connectivity index (χ4v) is 2.47. The Morgan fingerprint density at radius 3 is 2.42 bits per heavy atom. The van der Waals surface area contributed by atoms with Crippen LogP contribution in [0.4, 0.5) is 0 Å². The molecule has 0 saturated heterocycles. The Kier molecular flexibility index (Phi) is 5.44. The topological polar surface area (TPSA) is 78.3 Å². The van der Waals surface area contributed by atoms with Crippen molar-refractivity contribution in [2.24, 2.45) is 5.41 Å². The molecule has 0 unspecified atom stereocenters. The lowest BCUT2D eigenvalue weighted by atomic mass is 9.88. The summed E-state index contributed by atoms with van der Waals surface area (Å²) in [5, 5.41) is 4.26. The quantitative estimate of drug-likeness (QED) is 0.621. The van der Waals surface area contributed by atoms with Gasteiger partial charge in [-0.3, -0.25) is 9.59 Å². The largest absolute Gasteiger partial charge is 0.462 e. The van der Waals surface area contributed by atoms with E-state index in [0.29, 0.717) is 5.69 Å². The highest BCUT2D eigenvalue weighted by Crippen LogP contribution is 2.21. The minimum absolute atomic E-state index is 0.0565. The molecule has 0 spiro atoms. The van der Waals surface area contributed by atoms with Crippen molar-refractivity contribution in [2.45, 2.75) is 41.5 Å². The van der Waals surface area contributed by atoms with Crippen LogP contribution in [0.1, 0.15) is 59.7 Å². The predicted molar refractivity (Wildman–Crippen MR) is 99.1 cm³/mol. The minimum Gasteiger partial charge on any atom is -0.462 e. The Bertz CT molecular complexity index is 920. The molecule has 26 heavy (non-hydrogen) atoms. The second-order valence-corrected chi connectivity index (χ2v) is 7.18. The van der Waals surface area contributed by atoms with Crippen LogP contribution in [0.25, 0.3) is 5.69 Å². The zero-order valence-corrected chi connectivity index (χ0v) is 16.0. The van der Waals surface area contributed by atoms with Gasteiger partial charge < -0.3 is 4.74 Å². The predicted octanol–water partition coefficient (Wildman–Crippen LogP) is 3.25. The first-order valence-electron chi connectivity index (χ1n) is 8.50. The van der Waals surface area contributed by atoms with Gasteiger partial charge in [0.25, 0.3) is 5.56 Å². The van der Waals surface area contributed by atoms with Crippen molar-refractivity contribution in [1.82, 2.24) is 9.78 Å². The van der Waals surface area contributed by atoms with Crippen LogP contribution in [0.15, 0.2) is 29.1 Å². The van der Waals surface area contributed by atoms with E-state index in [9.17, 15) is 14.4 Å². The molecule has 0 bridgehead atoms. The summed E-state index contributed by atoms with van der Waals surface area (Å²) in [7, 11) is 0. The van der Waals surface area contributed by atoms with E-state index in [1.807, 2.05) is 19.9 Å². The maximum absolute atomic E-state index is 12.9. The second kappa shape index (κ2) is 7.23. The number of nitrogens with zero attached hydrogens (tertiary/aromatic N) is 2. The zero-order chi connectivity index (χ0) is 19.6. The number of ketones is 1. The van der Waals surface area contributed by atoms with Crippen LogP contribution in [-0.2, 0) is 4.74 Å². The van der Waals surface area contributed by atoms with Gasteiger partial charge in [0.05, 0.1) is 12.3 Å². The highest BCUT2D eigenvalue weighted by molar-refractivity contribution is 6.00. The molecule has 6 nitrogen and oxygen atoms in total. The van der Waals surface area contributed by atoms with E-state index in [2.05, 4.69) is 5.10 Å². The lowest BCUT2D eigenvalue weighted by molar-refractivity contribution is 0.0523. The van der Waals surface area contributed by atoms with Gasteiger partial charge in [-0.15, -0.1) is 0 Å². The summed E-state index contributed by atoms with van der Waals surface area (Å²) >= 11 is 0. The van der Waals surface area contributed by atoms with Gasteiger partial charge >= 0.3 is 5.97 Å². The first-order chi connectivity index (χ1) is 12.1. The number of carbonyl (C=O) groups is 2. The molecule has 0 saturated carbocycles. The Morgan fingerprint density at radius 1 is 1.19 bits per heavy atom. The van der Waals surface area contributed by atoms with Crippen LogP contribution in [0, 0.1) is 19.3 Å². The van der Waals surface area contributed by atoms with E-state index >= 15 is 0 Å². The molecule has 138 valence electrons. The first-order valence-corrected chi connectivity index (χ1v) is 8.50. The lowest BCUT2D eigenvalue weighted by Crippen LogP contribution is -2.32. The molecule has 0 radical (unpaired) electrons. The number of rotatable bonds is 4. The van der Waals surface area contributed by atoms with Crippen molar-refractivity contribution in [1.29, 1.82) is 0 Å². The molecule has 1 aromatic heterocycles. The highest BCUT2D eigenvalue weighted by atomic mass is 16.5. The number of ether oxygens (including phenoxy) is 1. The maximum atomic E-state index is 12.9. The van der Waals surface area contributed by atoms with Crippen molar-refractivity contribution in [3.05, 3.63) is 57.0 Å². The Labute approximate surface area is 152 Å². The second-order valence-electron chi connectivity index (χ2n) is 7.18. The summed E-state index contributed by atoms with van der Waals surface area (Å²) < 4.78 is 6.10.